The van der Waals surface area contributed by atoms with Crippen molar-refractivity contribution in [1.82, 2.24) is 4.90 Å². The Morgan fingerprint density at radius 2 is 1.87 bits per heavy atom. The van der Waals surface area contributed by atoms with Crippen molar-refractivity contribution in [3.05, 3.63) is 34.9 Å². The van der Waals surface area contributed by atoms with Crippen LogP contribution in [0.2, 0.25) is 5.02 Å². The highest BCUT2D eigenvalue weighted by Crippen LogP contribution is 2.10. The number of rotatable bonds is 6. The number of nitrogens with zero attached hydrogens (tertiary/aromatic N) is 1. The van der Waals surface area contributed by atoms with E-state index in [2.05, 4.69) is 24.1 Å². The number of likely N-dealkylation sites (N-methyl/N-ethyl adjacent to an activating group) is 1. The van der Waals surface area contributed by atoms with Gasteiger partial charge in [0.05, 0.1) is 0 Å². The molecule has 0 aromatic heterocycles. The highest BCUT2D eigenvalue weighted by molar-refractivity contribution is 6.30. The van der Waals surface area contributed by atoms with Gasteiger partial charge in [-0.05, 0) is 44.1 Å². The summed E-state index contributed by atoms with van der Waals surface area (Å²) >= 11 is 5.82. The second-order valence-corrected chi connectivity index (χ2v) is 4.26. The number of benzene rings is 1. The highest BCUT2D eigenvalue weighted by Gasteiger charge is 1.97. The van der Waals surface area contributed by atoms with Crippen LogP contribution in [0, 0.1) is 0 Å². The minimum absolute atomic E-state index is 0.734. The molecule has 0 bridgehead atoms. The Labute approximate surface area is 97.0 Å². The van der Waals surface area contributed by atoms with E-state index in [1.54, 1.807) is 0 Å². The summed E-state index contributed by atoms with van der Waals surface area (Å²) in [7, 11) is 2.11. The third-order valence-corrected chi connectivity index (χ3v) is 2.68. The average Bonchev–Trinajstić information content (AvgIpc) is 2.21. The van der Waals surface area contributed by atoms with Gasteiger partial charge in [-0.2, -0.15) is 0 Å². The van der Waals surface area contributed by atoms with E-state index in [1.165, 1.54) is 5.56 Å². The minimum Gasteiger partial charge on any atom is -0.329 e. The van der Waals surface area contributed by atoms with E-state index in [0.717, 1.165) is 37.5 Å². The molecule has 1 rings (SSSR count). The number of nitrogens with two attached hydrogens (primary N) is 1. The van der Waals surface area contributed by atoms with Crippen LogP contribution in [0.4, 0.5) is 0 Å². The van der Waals surface area contributed by atoms with Gasteiger partial charge in [0, 0.05) is 18.1 Å². The molecule has 0 heterocycles. The van der Waals surface area contributed by atoms with Crippen LogP contribution >= 0.6 is 11.6 Å². The molecule has 0 radical (unpaired) electrons. The van der Waals surface area contributed by atoms with Crippen LogP contribution in [0.5, 0.6) is 0 Å². The van der Waals surface area contributed by atoms with Crippen molar-refractivity contribution < 1.29 is 0 Å². The van der Waals surface area contributed by atoms with Gasteiger partial charge in [0.15, 0.2) is 0 Å². The van der Waals surface area contributed by atoms with Gasteiger partial charge in [-0.1, -0.05) is 23.7 Å². The molecule has 2 nitrogen and oxygen atoms in total. The second-order valence-electron chi connectivity index (χ2n) is 3.82. The first-order valence-corrected chi connectivity index (χ1v) is 5.73. The average molecular weight is 227 g/mol. The zero-order valence-electron chi connectivity index (χ0n) is 9.25. The van der Waals surface area contributed by atoms with Gasteiger partial charge in [-0.3, -0.25) is 0 Å². The molecule has 0 saturated heterocycles. The van der Waals surface area contributed by atoms with Crippen molar-refractivity contribution in [3.8, 4) is 0 Å². The van der Waals surface area contributed by atoms with Crippen LogP contribution in [-0.4, -0.2) is 31.6 Å². The standard InChI is InChI=1S/C12H19ClN2/c1-15(10-8-14)9-2-3-11-4-6-12(13)7-5-11/h4-7H,2-3,8-10,14H2,1H3. The summed E-state index contributed by atoms with van der Waals surface area (Å²) in [5.41, 5.74) is 6.82. The summed E-state index contributed by atoms with van der Waals surface area (Å²) < 4.78 is 0. The first-order chi connectivity index (χ1) is 7.22. The van der Waals surface area contributed by atoms with Gasteiger partial charge in [0.25, 0.3) is 0 Å². The molecule has 84 valence electrons. The van der Waals surface area contributed by atoms with Crippen molar-refractivity contribution in [2.75, 3.05) is 26.7 Å². The SMILES string of the molecule is CN(CCN)CCCc1ccc(Cl)cc1. The Balaban J connectivity index is 2.22. The number of aryl methyl sites for hydroxylation is 1. The van der Waals surface area contributed by atoms with E-state index < -0.39 is 0 Å². The molecule has 0 atom stereocenters. The lowest BCUT2D eigenvalue weighted by Crippen LogP contribution is -2.26. The van der Waals surface area contributed by atoms with Crippen molar-refractivity contribution >= 4 is 11.6 Å². The monoisotopic (exact) mass is 226 g/mol. The van der Waals surface area contributed by atoms with Gasteiger partial charge in [0.1, 0.15) is 0 Å². The van der Waals surface area contributed by atoms with Gasteiger partial charge in [-0.15, -0.1) is 0 Å². The zero-order valence-corrected chi connectivity index (χ0v) is 10.0. The zero-order chi connectivity index (χ0) is 11.1. The predicted octanol–water partition coefficient (Wildman–Crippen LogP) is 2.16. The van der Waals surface area contributed by atoms with Crippen LogP contribution in [0.25, 0.3) is 0 Å². The molecule has 0 aliphatic carbocycles. The third kappa shape index (κ3) is 5.17. The van der Waals surface area contributed by atoms with Gasteiger partial charge >= 0.3 is 0 Å². The van der Waals surface area contributed by atoms with E-state index >= 15 is 0 Å². The van der Waals surface area contributed by atoms with E-state index in [9.17, 15) is 0 Å². The summed E-state index contributed by atoms with van der Waals surface area (Å²) in [5, 5.41) is 0.805. The second kappa shape index (κ2) is 6.83. The normalized spacial score (nSPS) is 10.9. The molecule has 1 aromatic rings. The van der Waals surface area contributed by atoms with Crippen molar-refractivity contribution in [2.45, 2.75) is 12.8 Å². The summed E-state index contributed by atoms with van der Waals surface area (Å²) in [5.74, 6) is 0. The van der Waals surface area contributed by atoms with E-state index in [1.807, 2.05) is 12.1 Å². The molecular formula is C12H19ClN2. The smallest absolute Gasteiger partial charge is 0.0406 e. The topological polar surface area (TPSA) is 29.3 Å². The largest absolute Gasteiger partial charge is 0.329 e. The molecule has 0 aliphatic heterocycles. The molecule has 15 heavy (non-hydrogen) atoms. The Kier molecular flexibility index (Phi) is 5.69. The van der Waals surface area contributed by atoms with Gasteiger partial charge < -0.3 is 10.6 Å². The Bertz CT molecular complexity index is 271. The first-order valence-electron chi connectivity index (χ1n) is 5.35. The van der Waals surface area contributed by atoms with Crippen LogP contribution in [0.1, 0.15) is 12.0 Å². The van der Waals surface area contributed by atoms with Crippen LogP contribution in [0.15, 0.2) is 24.3 Å². The summed E-state index contributed by atoms with van der Waals surface area (Å²) in [4.78, 5) is 2.26. The van der Waals surface area contributed by atoms with E-state index in [4.69, 9.17) is 17.3 Å². The van der Waals surface area contributed by atoms with Crippen LogP contribution < -0.4 is 5.73 Å². The Morgan fingerprint density at radius 1 is 1.20 bits per heavy atom. The molecule has 0 fully saturated rings. The molecule has 0 spiro atoms. The fourth-order valence-electron chi connectivity index (χ4n) is 1.54. The van der Waals surface area contributed by atoms with Crippen LogP contribution in [0.3, 0.4) is 0 Å². The van der Waals surface area contributed by atoms with Crippen molar-refractivity contribution in [2.24, 2.45) is 5.73 Å². The summed E-state index contributed by atoms with van der Waals surface area (Å²) in [6, 6.07) is 8.07. The van der Waals surface area contributed by atoms with Crippen molar-refractivity contribution in [3.63, 3.8) is 0 Å². The number of halogens is 1. The third-order valence-electron chi connectivity index (χ3n) is 2.43. The maximum Gasteiger partial charge on any atom is 0.0406 e. The quantitative estimate of drug-likeness (QED) is 0.806. The fraction of sp³-hybridized carbons (Fsp3) is 0.500. The van der Waals surface area contributed by atoms with Gasteiger partial charge in [0.2, 0.25) is 0 Å². The highest BCUT2D eigenvalue weighted by atomic mass is 35.5. The van der Waals surface area contributed by atoms with Gasteiger partial charge in [-0.25, -0.2) is 0 Å². The minimum atomic E-state index is 0.734. The lowest BCUT2D eigenvalue weighted by molar-refractivity contribution is 0.338. The van der Waals surface area contributed by atoms with Crippen LogP contribution in [-0.2, 0) is 6.42 Å². The Morgan fingerprint density at radius 3 is 2.47 bits per heavy atom. The molecule has 2 N–H and O–H groups in total. The molecule has 0 saturated carbocycles. The van der Waals surface area contributed by atoms with E-state index in [-0.39, 0.29) is 0 Å². The lowest BCUT2D eigenvalue weighted by Gasteiger charge is -2.14. The van der Waals surface area contributed by atoms with Crippen molar-refractivity contribution in [1.29, 1.82) is 0 Å². The predicted molar refractivity (Wildman–Crippen MR) is 66.3 cm³/mol. The molecule has 0 aliphatic rings. The fourth-order valence-corrected chi connectivity index (χ4v) is 1.66. The number of hydrogen-bond donors (Lipinski definition) is 1. The Hall–Kier alpha value is -0.570. The first kappa shape index (κ1) is 12.5. The molecule has 0 amide bonds. The maximum atomic E-state index is 5.82. The molecule has 3 heteroatoms. The van der Waals surface area contributed by atoms with E-state index in [0.29, 0.717) is 0 Å². The molecule has 1 aromatic carbocycles. The summed E-state index contributed by atoms with van der Waals surface area (Å²) in [6.45, 7) is 2.80. The molecular weight excluding hydrogens is 208 g/mol. The molecule has 0 unspecified atom stereocenters. The summed E-state index contributed by atoms with van der Waals surface area (Å²) in [6.07, 6.45) is 2.27. The number of hydrogen-bond acceptors (Lipinski definition) is 2. The lowest BCUT2D eigenvalue weighted by atomic mass is 10.1. The maximum absolute atomic E-state index is 5.82.